The Bertz CT molecular complexity index is 1200. The van der Waals surface area contributed by atoms with Gasteiger partial charge in [-0.15, -0.1) is 11.3 Å². The van der Waals surface area contributed by atoms with Crippen LogP contribution in [0.3, 0.4) is 0 Å². The fourth-order valence-electron chi connectivity index (χ4n) is 3.20. The van der Waals surface area contributed by atoms with Crippen molar-refractivity contribution in [2.75, 3.05) is 6.54 Å². The molecule has 0 fully saturated rings. The molecule has 0 aliphatic heterocycles. The van der Waals surface area contributed by atoms with Crippen LogP contribution in [0.1, 0.15) is 26.9 Å². The molecule has 2 aromatic carbocycles. The highest BCUT2D eigenvalue weighted by molar-refractivity contribution is 7.17. The van der Waals surface area contributed by atoms with Crippen LogP contribution in [0.15, 0.2) is 77.4 Å². The molecule has 1 amide bonds. The summed E-state index contributed by atoms with van der Waals surface area (Å²) in [6, 6.07) is 17.2. The van der Waals surface area contributed by atoms with E-state index in [1.807, 2.05) is 6.07 Å². The van der Waals surface area contributed by atoms with E-state index in [1.54, 1.807) is 36.4 Å². The summed E-state index contributed by atoms with van der Waals surface area (Å²) in [6.07, 6.45) is -4.65. The number of hydrogen-bond acceptors (Lipinski definition) is 5. The SMILES string of the molecule is O=C(NCC(O)c1ccccc1C(F)(F)F)c1sc(-c2ccco2)nc1-c1ccccc1. The van der Waals surface area contributed by atoms with Crippen LogP contribution in [-0.2, 0) is 6.18 Å². The Labute approximate surface area is 185 Å². The zero-order chi connectivity index (χ0) is 22.7. The van der Waals surface area contributed by atoms with Gasteiger partial charge in [-0.05, 0) is 23.8 Å². The third-order valence-electron chi connectivity index (χ3n) is 4.69. The summed E-state index contributed by atoms with van der Waals surface area (Å²) in [7, 11) is 0. The molecule has 164 valence electrons. The number of hydrogen-bond donors (Lipinski definition) is 2. The van der Waals surface area contributed by atoms with Crippen molar-refractivity contribution in [3.8, 4) is 22.0 Å². The molecule has 0 saturated carbocycles. The van der Waals surface area contributed by atoms with E-state index < -0.39 is 30.3 Å². The lowest BCUT2D eigenvalue weighted by Gasteiger charge is -2.17. The molecular weight excluding hydrogens is 441 g/mol. The van der Waals surface area contributed by atoms with Crippen LogP contribution in [-0.4, -0.2) is 22.5 Å². The van der Waals surface area contributed by atoms with Gasteiger partial charge in [0.2, 0.25) is 0 Å². The first-order valence-corrected chi connectivity index (χ1v) is 10.4. The van der Waals surface area contributed by atoms with Gasteiger partial charge in [-0.3, -0.25) is 4.79 Å². The van der Waals surface area contributed by atoms with Crippen molar-refractivity contribution in [1.29, 1.82) is 0 Å². The Hall–Kier alpha value is -3.43. The van der Waals surface area contributed by atoms with E-state index in [0.717, 1.165) is 17.4 Å². The van der Waals surface area contributed by atoms with Gasteiger partial charge in [0.05, 0.1) is 23.6 Å². The normalized spacial score (nSPS) is 12.5. The molecular formula is C23H17F3N2O3S. The highest BCUT2D eigenvalue weighted by Crippen LogP contribution is 2.35. The Morgan fingerprint density at radius 3 is 2.47 bits per heavy atom. The molecule has 0 aliphatic carbocycles. The Morgan fingerprint density at radius 1 is 1.06 bits per heavy atom. The number of carbonyl (C=O) groups excluding carboxylic acids is 1. The van der Waals surface area contributed by atoms with Gasteiger partial charge in [-0.1, -0.05) is 48.5 Å². The van der Waals surface area contributed by atoms with E-state index in [-0.39, 0.29) is 10.4 Å². The van der Waals surface area contributed by atoms with Crippen molar-refractivity contribution in [3.63, 3.8) is 0 Å². The largest absolute Gasteiger partial charge is 0.462 e. The minimum absolute atomic E-state index is 0.263. The summed E-state index contributed by atoms with van der Waals surface area (Å²) < 4.78 is 45.1. The van der Waals surface area contributed by atoms with Gasteiger partial charge in [0.25, 0.3) is 5.91 Å². The summed E-state index contributed by atoms with van der Waals surface area (Å²) in [5.74, 6) is -0.0620. The highest BCUT2D eigenvalue weighted by Gasteiger charge is 2.34. The van der Waals surface area contributed by atoms with Gasteiger partial charge in [0.15, 0.2) is 10.8 Å². The number of furan rings is 1. The number of aliphatic hydroxyl groups is 1. The number of amides is 1. The maximum absolute atomic E-state index is 13.2. The molecule has 0 aliphatic rings. The number of aliphatic hydroxyl groups excluding tert-OH is 1. The van der Waals surface area contributed by atoms with Gasteiger partial charge in [0.1, 0.15) is 4.88 Å². The number of rotatable bonds is 6. The van der Waals surface area contributed by atoms with E-state index >= 15 is 0 Å². The molecule has 1 atom stereocenters. The van der Waals surface area contributed by atoms with Gasteiger partial charge >= 0.3 is 6.18 Å². The van der Waals surface area contributed by atoms with E-state index in [9.17, 15) is 23.1 Å². The quantitative estimate of drug-likeness (QED) is 0.397. The number of carbonyl (C=O) groups is 1. The second-order valence-electron chi connectivity index (χ2n) is 6.85. The van der Waals surface area contributed by atoms with Gasteiger partial charge in [0, 0.05) is 12.1 Å². The average Bonchev–Trinajstić information content (AvgIpc) is 3.47. The van der Waals surface area contributed by atoms with Crippen LogP contribution in [0.25, 0.3) is 22.0 Å². The first-order chi connectivity index (χ1) is 15.3. The average molecular weight is 458 g/mol. The predicted octanol–water partition coefficient (Wildman–Crippen LogP) is 5.55. The smallest absolute Gasteiger partial charge is 0.416 e. The third kappa shape index (κ3) is 4.58. The zero-order valence-corrected chi connectivity index (χ0v) is 17.3. The molecule has 4 rings (SSSR count). The van der Waals surface area contributed by atoms with Crippen LogP contribution in [0.2, 0.25) is 0 Å². The topological polar surface area (TPSA) is 75.4 Å². The van der Waals surface area contributed by atoms with E-state index in [4.69, 9.17) is 4.42 Å². The molecule has 1 unspecified atom stereocenters. The Kier molecular flexibility index (Phi) is 6.11. The lowest BCUT2D eigenvalue weighted by atomic mass is 10.0. The molecule has 5 nitrogen and oxygen atoms in total. The number of thiazole rings is 1. The van der Waals surface area contributed by atoms with Crippen molar-refractivity contribution in [1.82, 2.24) is 10.3 Å². The fraction of sp³-hybridized carbons (Fsp3) is 0.130. The minimum atomic E-state index is -4.61. The second kappa shape index (κ2) is 8.97. The van der Waals surface area contributed by atoms with Crippen molar-refractivity contribution < 1.29 is 27.5 Å². The van der Waals surface area contributed by atoms with Crippen molar-refractivity contribution in [2.45, 2.75) is 12.3 Å². The number of benzene rings is 2. The number of aromatic nitrogens is 1. The molecule has 2 heterocycles. The number of nitrogens with one attached hydrogen (secondary N) is 1. The number of halogens is 3. The van der Waals surface area contributed by atoms with Crippen molar-refractivity contribution in [3.05, 3.63) is 89.0 Å². The summed E-state index contributed by atoms with van der Waals surface area (Å²) in [5, 5.41) is 13.4. The van der Waals surface area contributed by atoms with E-state index in [2.05, 4.69) is 10.3 Å². The number of alkyl halides is 3. The summed E-state index contributed by atoms with van der Waals surface area (Å²) >= 11 is 1.10. The summed E-state index contributed by atoms with van der Waals surface area (Å²) in [5.41, 5.74) is -0.117. The molecule has 2 aromatic heterocycles. The molecule has 0 spiro atoms. The molecule has 0 bridgehead atoms. The van der Waals surface area contributed by atoms with E-state index in [1.165, 1.54) is 24.5 Å². The Balaban J connectivity index is 1.59. The standard InChI is InChI=1S/C23H17F3N2O3S/c24-23(25,26)16-10-5-4-9-15(16)17(29)13-27-21(30)20-19(14-7-2-1-3-8-14)28-22(32-20)18-11-6-12-31-18/h1-12,17,29H,13H2,(H,27,30). The fourth-order valence-corrected chi connectivity index (χ4v) is 4.17. The molecule has 0 saturated heterocycles. The number of nitrogens with zero attached hydrogens (tertiary/aromatic N) is 1. The van der Waals surface area contributed by atoms with Crippen LogP contribution in [0, 0.1) is 0 Å². The highest BCUT2D eigenvalue weighted by atomic mass is 32.1. The second-order valence-corrected chi connectivity index (χ2v) is 7.85. The monoisotopic (exact) mass is 458 g/mol. The van der Waals surface area contributed by atoms with Gasteiger partial charge in [-0.25, -0.2) is 4.98 Å². The summed E-state index contributed by atoms with van der Waals surface area (Å²) in [6.45, 7) is -0.395. The Morgan fingerprint density at radius 2 is 1.78 bits per heavy atom. The first-order valence-electron chi connectivity index (χ1n) is 9.57. The molecule has 0 radical (unpaired) electrons. The van der Waals surface area contributed by atoms with Crippen molar-refractivity contribution >= 4 is 17.2 Å². The first kappa shape index (κ1) is 21.8. The molecule has 9 heteroatoms. The lowest BCUT2D eigenvalue weighted by Crippen LogP contribution is -2.29. The summed E-state index contributed by atoms with van der Waals surface area (Å²) in [4.78, 5) is 17.7. The maximum atomic E-state index is 13.2. The molecule has 2 N–H and O–H groups in total. The zero-order valence-electron chi connectivity index (χ0n) is 16.5. The van der Waals surface area contributed by atoms with Crippen LogP contribution in [0.5, 0.6) is 0 Å². The van der Waals surface area contributed by atoms with Gasteiger partial charge < -0.3 is 14.8 Å². The minimum Gasteiger partial charge on any atom is -0.462 e. The van der Waals surface area contributed by atoms with E-state index in [0.29, 0.717) is 22.0 Å². The molecule has 32 heavy (non-hydrogen) atoms. The molecule has 4 aromatic rings. The third-order valence-corrected chi connectivity index (χ3v) is 5.76. The lowest BCUT2D eigenvalue weighted by molar-refractivity contribution is -0.139. The van der Waals surface area contributed by atoms with Crippen LogP contribution < -0.4 is 5.32 Å². The van der Waals surface area contributed by atoms with Crippen LogP contribution in [0.4, 0.5) is 13.2 Å². The van der Waals surface area contributed by atoms with Crippen molar-refractivity contribution in [2.24, 2.45) is 0 Å². The predicted molar refractivity (Wildman–Crippen MR) is 114 cm³/mol. The van der Waals surface area contributed by atoms with Crippen LogP contribution >= 0.6 is 11.3 Å². The maximum Gasteiger partial charge on any atom is 0.416 e. The van der Waals surface area contributed by atoms with Gasteiger partial charge in [-0.2, -0.15) is 13.2 Å².